The summed E-state index contributed by atoms with van der Waals surface area (Å²) >= 11 is 6.09. The highest BCUT2D eigenvalue weighted by molar-refractivity contribution is 6.30. The van der Waals surface area contributed by atoms with Crippen LogP contribution >= 0.6 is 11.6 Å². The molecule has 182 valence electrons. The Hall–Kier alpha value is -2.54. The topological polar surface area (TPSA) is 64.6 Å². The zero-order chi connectivity index (χ0) is 23.7. The molecule has 2 saturated heterocycles. The molecule has 8 heteroatoms. The summed E-state index contributed by atoms with van der Waals surface area (Å²) in [6, 6.07) is 7.16. The van der Waals surface area contributed by atoms with Crippen molar-refractivity contribution in [2.45, 2.75) is 52.5 Å². The molecule has 3 aliphatic rings. The minimum absolute atomic E-state index is 0.111. The Balaban J connectivity index is 1.40. The second-order valence-corrected chi connectivity index (χ2v) is 10.7. The fourth-order valence-electron chi connectivity index (χ4n) is 5.16. The fourth-order valence-corrected chi connectivity index (χ4v) is 5.35. The molecule has 0 spiro atoms. The SMILES string of the molecule is CC1CCN(c2nc3c(c(N4CCC(C)CC4)n2)CN(C(=O)Nc2cccc(Cl)c2)CC3)CC1. The molecule has 2 fully saturated rings. The van der Waals surface area contributed by atoms with Crippen LogP contribution in [0.1, 0.15) is 50.8 Å². The number of benzene rings is 1. The maximum atomic E-state index is 13.1. The lowest BCUT2D eigenvalue weighted by molar-refractivity contribution is 0.206. The lowest BCUT2D eigenvalue weighted by Crippen LogP contribution is -2.42. The minimum Gasteiger partial charge on any atom is -0.356 e. The van der Waals surface area contributed by atoms with E-state index in [1.54, 1.807) is 12.1 Å². The predicted octanol–water partition coefficient (Wildman–Crippen LogP) is 5.19. The fraction of sp³-hybridized carbons (Fsp3) is 0.577. The number of carbonyl (C=O) groups is 1. The maximum absolute atomic E-state index is 13.1. The number of halogens is 1. The number of rotatable bonds is 3. The monoisotopic (exact) mass is 482 g/mol. The van der Waals surface area contributed by atoms with Gasteiger partial charge in [0.15, 0.2) is 0 Å². The van der Waals surface area contributed by atoms with Crippen LogP contribution in [0.25, 0.3) is 0 Å². The van der Waals surface area contributed by atoms with E-state index in [1.807, 2.05) is 17.0 Å². The van der Waals surface area contributed by atoms with E-state index in [2.05, 4.69) is 29.0 Å². The number of fused-ring (bicyclic) bond motifs is 1. The van der Waals surface area contributed by atoms with Crippen molar-refractivity contribution in [2.75, 3.05) is 47.8 Å². The Kier molecular flexibility index (Phi) is 6.82. The molecule has 0 atom stereocenters. The van der Waals surface area contributed by atoms with E-state index in [0.29, 0.717) is 23.8 Å². The third kappa shape index (κ3) is 5.09. The number of anilines is 3. The third-order valence-corrected chi connectivity index (χ3v) is 7.77. The number of hydrogen-bond acceptors (Lipinski definition) is 5. The molecule has 3 aliphatic heterocycles. The molecule has 5 rings (SSSR count). The minimum atomic E-state index is -0.111. The lowest BCUT2D eigenvalue weighted by atomic mass is 9.98. The lowest BCUT2D eigenvalue weighted by Gasteiger charge is -2.37. The Morgan fingerprint density at radius 1 is 0.971 bits per heavy atom. The van der Waals surface area contributed by atoms with Gasteiger partial charge in [-0.15, -0.1) is 0 Å². The quantitative estimate of drug-likeness (QED) is 0.652. The number of urea groups is 1. The van der Waals surface area contributed by atoms with Crippen LogP contribution < -0.4 is 15.1 Å². The Bertz CT molecular complexity index is 1030. The third-order valence-electron chi connectivity index (χ3n) is 7.54. The summed E-state index contributed by atoms with van der Waals surface area (Å²) in [5.74, 6) is 3.42. The van der Waals surface area contributed by atoms with Gasteiger partial charge in [-0.1, -0.05) is 31.5 Å². The molecule has 0 radical (unpaired) electrons. The number of nitrogens with one attached hydrogen (secondary N) is 1. The molecule has 0 unspecified atom stereocenters. The van der Waals surface area contributed by atoms with Gasteiger partial charge in [-0.2, -0.15) is 4.98 Å². The predicted molar refractivity (Wildman–Crippen MR) is 138 cm³/mol. The van der Waals surface area contributed by atoms with Crippen LogP contribution in [-0.2, 0) is 13.0 Å². The average molecular weight is 483 g/mol. The van der Waals surface area contributed by atoms with E-state index >= 15 is 0 Å². The molecule has 4 heterocycles. The Labute approximate surface area is 207 Å². The first kappa shape index (κ1) is 23.2. The van der Waals surface area contributed by atoms with Gasteiger partial charge >= 0.3 is 6.03 Å². The molecule has 1 aromatic heterocycles. The number of nitrogens with zero attached hydrogens (tertiary/aromatic N) is 5. The van der Waals surface area contributed by atoms with E-state index in [0.717, 1.165) is 67.5 Å². The van der Waals surface area contributed by atoms with Crippen molar-refractivity contribution in [3.8, 4) is 0 Å². The van der Waals surface area contributed by atoms with Gasteiger partial charge in [-0.05, 0) is 55.7 Å². The summed E-state index contributed by atoms with van der Waals surface area (Å²) in [5.41, 5.74) is 2.92. The molecule has 2 amide bonds. The Morgan fingerprint density at radius 2 is 1.65 bits per heavy atom. The van der Waals surface area contributed by atoms with E-state index in [4.69, 9.17) is 21.6 Å². The van der Waals surface area contributed by atoms with Crippen molar-refractivity contribution >= 4 is 35.1 Å². The van der Waals surface area contributed by atoms with Crippen molar-refractivity contribution in [2.24, 2.45) is 11.8 Å². The van der Waals surface area contributed by atoms with Crippen LogP contribution in [-0.4, -0.2) is 53.6 Å². The van der Waals surface area contributed by atoms with Gasteiger partial charge in [0.2, 0.25) is 5.95 Å². The van der Waals surface area contributed by atoms with E-state index in [-0.39, 0.29) is 6.03 Å². The van der Waals surface area contributed by atoms with Crippen molar-refractivity contribution in [1.29, 1.82) is 0 Å². The molecule has 0 aliphatic carbocycles. The molecule has 7 nitrogen and oxygen atoms in total. The van der Waals surface area contributed by atoms with Gasteiger partial charge in [0, 0.05) is 55.4 Å². The number of piperidine rings is 2. The summed E-state index contributed by atoms with van der Waals surface area (Å²) < 4.78 is 0. The highest BCUT2D eigenvalue weighted by atomic mass is 35.5. The molecule has 34 heavy (non-hydrogen) atoms. The van der Waals surface area contributed by atoms with E-state index in [1.165, 1.54) is 25.7 Å². The van der Waals surface area contributed by atoms with E-state index in [9.17, 15) is 4.79 Å². The normalized spacial score (nSPS) is 19.8. The van der Waals surface area contributed by atoms with Gasteiger partial charge in [0.05, 0.1) is 12.2 Å². The first-order chi connectivity index (χ1) is 16.5. The summed E-state index contributed by atoms with van der Waals surface area (Å²) in [6.45, 7) is 9.88. The van der Waals surface area contributed by atoms with Gasteiger partial charge in [0.25, 0.3) is 0 Å². The van der Waals surface area contributed by atoms with Crippen molar-refractivity contribution in [3.05, 3.63) is 40.5 Å². The summed E-state index contributed by atoms with van der Waals surface area (Å²) in [5, 5.41) is 3.60. The van der Waals surface area contributed by atoms with Gasteiger partial charge in [-0.25, -0.2) is 9.78 Å². The zero-order valence-electron chi connectivity index (χ0n) is 20.3. The smallest absolute Gasteiger partial charge is 0.322 e. The molecular weight excluding hydrogens is 448 g/mol. The number of hydrogen-bond donors (Lipinski definition) is 1. The maximum Gasteiger partial charge on any atom is 0.322 e. The van der Waals surface area contributed by atoms with E-state index < -0.39 is 0 Å². The van der Waals surface area contributed by atoms with Crippen LogP contribution in [0.5, 0.6) is 0 Å². The standard InChI is InChI=1S/C26H35ClN6O/c1-18-6-11-31(12-7-18)24-22-17-33(26(34)28-21-5-3-4-20(27)16-21)15-10-23(22)29-25(30-24)32-13-8-19(2)9-14-32/h3-5,16,18-19H,6-15,17H2,1-2H3,(H,28,34). The highest BCUT2D eigenvalue weighted by Gasteiger charge is 2.30. The molecule has 2 aromatic rings. The second kappa shape index (κ2) is 9.98. The summed E-state index contributed by atoms with van der Waals surface area (Å²) in [7, 11) is 0. The first-order valence-corrected chi connectivity index (χ1v) is 13.0. The first-order valence-electron chi connectivity index (χ1n) is 12.7. The molecule has 1 aromatic carbocycles. The number of carbonyl (C=O) groups excluding carboxylic acids is 1. The molecular formula is C26H35ClN6O. The highest BCUT2D eigenvalue weighted by Crippen LogP contribution is 2.33. The van der Waals surface area contributed by atoms with Gasteiger partial charge in [-0.3, -0.25) is 0 Å². The van der Waals surface area contributed by atoms with Crippen LogP contribution in [0, 0.1) is 11.8 Å². The average Bonchev–Trinajstić information content (AvgIpc) is 2.84. The molecule has 0 saturated carbocycles. The second-order valence-electron chi connectivity index (χ2n) is 10.2. The van der Waals surface area contributed by atoms with Crippen LogP contribution in [0.15, 0.2) is 24.3 Å². The van der Waals surface area contributed by atoms with Crippen LogP contribution in [0.4, 0.5) is 22.2 Å². The van der Waals surface area contributed by atoms with Crippen molar-refractivity contribution in [1.82, 2.24) is 14.9 Å². The van der Waals surface area contributed by atoms with Gasteiger partial charge in [0.1, 0.15) is 5.82 Å². The summed E-state index contributed by atoms with van der Waals surface area (Å²) in [6.07, 6.45) is 5.47. The van der Waals surface area contributed by atoms with Crippen LogP contribution in [0.3, 0.4) is 0 Å². The largest absolute Gasteiger partial charge is 0.356 e. The number of amides is 2. The van der Waals surface area contributed by atoms with Crippen LogP contribution in [0.2, 0.25) is 5.02 Å². The molecule has 0 bridgehead atoms. The van der Waals surface area contributed by atoms with Gasteiger partial charge < -0.3 is 20.0 Å². The number of aromatic nitrogens is 2. The summed E-state index contributed by atoms with van der Waals surface area (Å²) in [4.78, 5) is 29.9. The van der Waals surface area contributed by atoms with Crippen molar-refractivity contribution < 1.29 is 4.79 Å². The van der Waals surface area contributed by atoms with Crippen molar-refractivity contribution in [3.63, 3.8) is 0 Å². The Morgan fingerprint density at radius 3 is 2.32 bits per heavy atom. The molecule has 1 N–H and O–H groups in total. The zero-order valence-corrected chi connectivity index (χ0v) is 21.0.